The molecule has 0 radical (unpaired) electrons. The van der Waals surface area contributed by atoms with Crippen molar-refractivity contribution in [3.63, 3.8) is 0 Å². The van der Waals surface area contributed by atoms with Gasteiger partial charge in [-0.05, 0) is 134 Å². The topological polar surface area (TPSA) is 627 Å². The van der Waals surface area contributed by atoms with Crippen LogP contribution in [0.1, 0.15) is 225 Å². The molecule has 5 amide bonds. The minimum atomic E-state index is -4.61. The Hall–Kier alpha value is -12.3. The van der Waals surface area contributed by atoms with Gasteiger partial charge in [0.05, 0.1) is 34.5 Å². The van der Waals surface area contributed by atoms with Crippen molar-refractivity contribution in [1.82, 2.24) is 26.6 Å². The molecule has 0 aromatic heterocycles. The lowest BCUT2D eigenvalue weighted by Gasteiger charge is -2.27. The molecule has 2 aromatic rings. The normalized spacial score (nSPS) is 15.8. The van der Waals surface area contributed by atoms with E-state index in [0.29, 0.717) is 30.6 Å². The summed E-state index contributed by atoms with van der Waals surface area (Å²) in [6, 6.07) is 3.17. The lowest BCUT2D eigenvalue weighted by molar-refractivity contribution is -0.433. The molecule has 9 atom stereocenters. The number of Topliss-reactive ketones (excluding diaryl/α,β-unsaturated/α-hetero) is 5. The van der Waals surface area contributed by atoms with Gasteiger partial charge < -0.3 is 77.4 Å². The molecule has 0 fully saturated rings. The fraction of sp³-hybridized carbons (Fsp3) is 0.540. The van der Waals surface area contributed by atoms with Gasteiger partial charge >= 0.3 is 53.7 Å². The average molecular weight is 1790 g/mol. The minimum absolute atomic E-state index is 0.140. The number of benzene rings is 2. The van der Waals surface area contributed by atoms with Crippen LogP contribution in [-0.2, 0) is 112 Å². The second-order valence-electron chi connectivity index (χ2n) is 32.4. The van der Waals surface area contributed by atoms with Crippen LogP contribution in [0.25, 0.3) is 0 Å². The summed E-state index contributed by atoms with van der Waals surface area (Å²) in [7, 11) is -3.42. The summed E-state index contributed by atoms with van der Waals surface area (Å²) in [5.41, 5.74) is 5.71. The van der Waals surface area contributed by atoms with Crippen molar-refractivity contribution in [3.8, 4) is 0 Å². The number of hydrogen-bond donors (Lipinski definition) is 15. The number of ketones is 5. The van der Waals surface area contributed by atoms with Gasteiger partial charge in [0.2, 0.25) is 35.2 Å². The van der Waals surface area contributed by atoms with Crippen LogP contribution in [0.4, 0.5) is 11.4 Å². The highest BCUT2D eigenvalue weighted by Crippen LogP contribution is 2.49. The minimum Gasteiger partial charge on any atom is -0.481 e. The Morgan fingerprint density at radius 3 is 1.12 bits per heavy atom. The first-order chi connectivity index (χ1) is 59.0. The van der Waals surface area contributed by atoms with Crippen molar-refractivity contribution in [3.05, 3.63) is 101 Å². The summed E-state index contributed by atoms with van der Waals surface area (Å²) in [5, 5.41) is 98.3. The van der Waals surface area contributed by atoms with Gasteiger partial charge in [-0.2, -0.15) is 13.0 Å². The van der Waals surface area contributed by atoms with E-state index in [1.54, 1.807) is 6.07 Å². The van der Waals surface area contributed by atoms with E-state index in [1.165, 1.54) is 30.3 Å². The van der Waals surface area contributed by atoms with Crippen LogP contribution in [0.3, 0.4) is 0 Å². The average Bonchev–Trinajstić information content (AvgIpc) is 1.59. The highest BCUT2D eigenvalue weighted by molar-refractivity contribution is 7.85. The maximum atomic E-state index is 14.5. The molecule has 0 unspecified atom stereocenters. The number of allylic oxidation sites excluding steroid dienone is 8. The molecular formula is C87H116N7O31S+. The second-order valence-corrected chi connectivity index (χ2v) is 33.8. The number of unbranched alkanes of at least 4 members (excludes halogenated alkanes) is 2. The van der Waals surface area contributed by atoms with Crippen molar-refractivity contribution in [1.29, 1.82) is 0 Å². The predicted molar refractivity (Wildman–Crippen MR) is 449 cm³/mol. The summed E-state index contributed by atoms with van der Waals surface area (Å²) in [4.78, 5) is 249. The van der Waals surface area contributed by atoms with Crippen molar-refractivity contribution < 1.29 is 155 Å². The highest BCUT2D eigenvalue weighted by atomic mass is 32.2. The molecule has 2 aliphatic rings. The summed E-state index contributed by atoms with van der Waals surface area (Å²) in [6.07, 6.45) is -3.63. The van der Waals surface area contributed by atoms with Crippen molar-refractivity contribution in [2.75, 3.05) is 25.0 Å². The number of aryl methyl sites for hydroxylation is 1. The fourth-order valence-electron chi connectivity index (χ4n) is 15.2. The van der Waals surface area contributed by atoms with Crippen LogP contribution in [0, 0.1) is 36.5 Å². The Morgan fingerprint density at radius 2 is 0.762 bits per heavy atom. The van der Waals surface area contributed by atoms with Crippen LogP contribution in [0.5, 0.6) is 0 Å². The molecule has 0 saturated carbocycles. The molecule has 0 saturated heterocycles. The van der Waals surface area contributed by atoms with Crippen LogP contribution in [-0.4, -0.2) is 226 Å². The van der Waals surface area contributed by atoms with E-state index in [1.807, 2.05) is 55.2 Å². The molecule has 2 aliphatic heterocycles. The Kier molecular flexibility index (Phi) is 42.6. The van der Waals surface area contributed by atoms with Crippen molar-refractivity contribution >= 4 is 139 Å². The van der Waals surface area contributed by atoms with Crippen molar-refractivity contribution in [2.45, 2.75) is 255 Å². The number of carbonyl (C=O) groups is 19. The van der Waals surface area contributed by atoms with Crippen LogP contribution < -0.4 is 31.5 Å². The van der Waals surface area contributed by atoms with Gasteiger partial charge in [0.25, 0.3) is 10.1 Å². The zero-order valence-electron chi connectivity index (χ0n) is 71.6. The van der Waals surface area contributed by atoms with Gasteiger partial charge in [0, 0.05) is 174 Å². The highest BCUT2D eigenvalue weighted by Gasteiger charge is 2.45. The smallest absolute Gasteiger partial charge is 0.303 e. The predicted octanol–water partition coefficient (Wildman–Crippen LogP) is 6.89. The largest absolute Gasteiger partial charge is 0.481 e. The molecular weight excluding hydrogens is 1670 g/mol. The summed E-state index contributed by atoms with van der Waals surface area (Å²) < 4.78 is 37.1. The second kappa shape index (κ2) is 50.6. The molecule has 38 nitrogen and oxygen atoms in total. The molecule has 2 aromatic carbocycles. The number of aliphatic carboxylic acids is 9. The summed E-state index contributed by atoms with van der Waals surface area (Å²) in [5.74, 6) is -32.6. The first-order valence-corrected chi connectivity index (χ1v) is 42.9. The Bertz CT molecular complexity index is 4690. The lowest BCUT2D eigenvalue weighted by atomic mass is 9.81. The maximum Gasteiger partial charge on any atom is 0.303 e. The number of amides is 5. The molecule has 15 N–H and O–H groups in total. The van der Waals surface area contributed by atoms with Crippen LogP contribution in [0.15, 0.2) is 89.5 Å². The lowest BCUT2D eigenvalue weighted by Crippen LogP contribution is -2.49. The molecule has 690 valence electrons. The zero-order chi connectivity index (χ0) is 94.7. The van der Waals surface area contributed by atoms with Gasteiger partial charge in [-0.1, -0.05) is 62.3 Å². The van der Waals surface area contributed by atoms with Crippen molar-refractivity contribution in [2.24, 2.45) is 29.6 Å². The number of fused-ring (bicyclic) bond motifs is 2. The summed E-state index contributed by atoms with van der Waals surface area (Å²) in [6.45, 7) is 13.5. The number of anilines is 1. The SMILES string of the molecule is CC[N+]1=C(/C=C/C=C/C=C/C=C2/N(CCCCCC(=O)C[C@H](CCC(=O)O)C(=O)N[C@H](CCC(=O)O)C(=O)C[C@H](CCC(=O)O)C(=O)N[C@H](CCC(=O)O)C(=O)C[C@H](CCC(=O)O)C(=O)N[C@H](CCC(=O)O)C(=O)C[C@H](CCC(=O)O)C(=O)N[C@H](CCC(=O)O)C(=O)C[C@H](CCC(=O)O)C(=O)NC)c3ccc(S(=O)(=O)O)cc3C2(C)C)C(C)(C)c2cc(C)ccc21. The number of hydrogen-bond acceptors (Lipinski definition) is 22. The molecule has 4 rings (SSSR count). The van der Waals surface area contributed by atoms with Crippen LogP contribution in [0.2, 0.25) is 0 Å². The number of carbonyl (C=O) groups excluding carboxylic acids is 10. The molecule has 0 bridgehead atoms. The fourth-order valence-corrected chi connectivity index (χ4v) is 15.7. The Morgan fingerprint density at radius 1 is 0.413 bits per heavy atom. The van der Waals surface area contributed by atoms with E-state index in [2.05, 4.69) is 83.1 Å². The van der Waals surface area contributed by atoms with E-state index in [-0.39, 0.29) is 29.6 Å². The molecule has 126 heavy (non-hydrogen) atoms. The van der Waals surface area contributed by atoms with Gasteiger partial charge in [0.1, 0.15) is 12.3 Å². The number of carboxylic acid groups (broad SMARTS) is 9. The zero-order valence-corrected chi connectivity index (χ0v) is 72.4. The van der Waals surface area contributed by atoms with Gasteiger partial charge in [0.15, 0.2) is 28.8 Å². The van der Waals surface area contributed by atoms with Crippen LogP contribution >= 0.6 is 0 Å². The monoisotopic (exact) mass is 1790 g/mol. The standard InChI is InChI=1S/C87H115N7O31S/c1-8-93-64-31-20-50(2)43-58(64)86(3,4)70(93)18-14-10-9-11-15-19-71-87(5,6)59-49-57(126(123,124)125)26-32-65(59)94(71)42-16-12-13-17-56(95)44-51(21-33-72(100)101)82(119)89-61(28-39-78(112)113)67(97)46-53(23-35-74(104)105)84(121)91-63(30-41-80(116)117)69(99)48-55(25-37-76(108)109)85(122)92-62(29-40-79(114)115)68(98)47-54(24-36-75(106)107)83(120)90-60(27-38-77(110)111)66(96)45-52(81(118)88-7)22-34-73(102)103/h9-11,14-15,18-20,26,31-32,43,49,51-55,60-63H,8,12-13,16-17,21-25,27-30,33-42,44-48H2,1-7H3,(H14-,88,89,90,91,92,100,101,102,103,104,105,106,107,108,109,110,111,112,113,114,115,116,117,118,119,120,121,122,123,124,125)/p+1/t51-,52-,53-,54-,55-,60+,61+,62+,63+/m0/s1. The first kappa shape index (κ1) is 106. The van der Waals surface area contributed by atoms with E-state index < -0.39 is 323 Å². The van der Waals surface area contributed by atoms with Gasteiger partial charge in [-0.15, -0.1) is 0 Å². The molecule has 2 heterocycles. The molecule has 0 aliphatic carbocycles. The van der Waals surface area contributed by atoms with Gasteiger partial charge in [-0.3, -0.25) is 95.6 Å². The number of nitrogens with zero attached hydrogens (tertiary/aromatic N) is 2. The van der Waals surface area contributed by atoms with E-state index in [4.69, 9.17) is 0 Å². The van der Waals surface area contributed by atoms with E-state index in [9.17, 15) is 150 Å². The molecule has 0 spiro atoms. The first-order valence-electron chi connectivity index (χ1n) is 41.4. The number of carboxylic acids is 9. The maximum absolute atomic E-state index is 14.5. The third-order valence-corrected chi connectivity index (χ3v) is 23.0. The third-order valence-electron chi connectivity index (χ3n) is 22.1. The third kappa shape index (κ3) is 34.7. The Balaban J connectivity index is 1.57. The summed E-state index contributed by atoms with van der Waals surface area (Å²) >= 11 is 0. The van der Waals surface area contributed by atoms with E-state index >= 15 is 0 Å². The number of nitrogens with one attached hydrogen (secondary N) is 5. The molecule has 39 heteroatoms. The quantitative estimate of drug-likeness (QED) is 0.0139. The Labute approximate surface area is 728 Å². The van der Waals surface area contributed by atoms with Gasteiger partial charge in [-0.25, -0.2) is 0 Å². The number of rotatable bonds is 62. The van der Waals surface area contributed by atoms with E-state index in [0.717, 1.165) is 23.6 Å².